The third kappa shape index (κ3) is 1.73. The Bertz CT molecular complexity index is 474. The number of benzene rings is 1. The van der Waals surface area contributed by atoms with Gasteiger partial charge < -0.3 is 5.73 Å². The molecule has 2 N–H and O–H groups in total. The molecule has 0 saturated heterocycles. The van der Waals surface area contributed by atoms with E-state index in [-0.39, 0.29) is 0 Å². The number of nitrogens with zero attached hydrogens (tertiary/aromatic N) is 2. The molecule has 0 aliphatic carbocycles. The Morgan fingerprint density at radius 2 is 1.73 bits per heavy atom. The monoisotopic (exact) mass is 201 g/mol. The molecule has 0 saturated carbocycles. The molecular formula is C12H15N3. The number of nitrogen functional groups attached to an aromatic ring is 1. The zero-order valence-electron chi connectivity index (χ0n) is 9.28. The van der Waals surface area contributed by atoms with Gasteiger partial charge in [-0.2, -0.15) is 5.10 Å². The first kappa shape index (κ1) is 9.77. The number of hydrogen-bond acceptors (Lipinski definition) is 2. The zero-order valence-corrected chi connectivity index (χ0v) is 9.28. The third-order valence-corrected chi connectivity index (χ3v) is 2.47. The van der Waals surface area contributed by atoms with Gasteiger partial charge >= 0.3 is 0 Å². The zero-order chi connectivity index (χ0) is 11.0. The molecule has 2 rings (SSSR count). The van der Waals surface area contributed by atoms with Crippen LogP contribution in [0, 0.1) is 20.8 Å². The van der Waals surface area contributed by atoms with Crippen LogP contribution in [0.5, 0.6) is 0 Å². The molecule has 0 aliphatic heterocycles. The second-order valence-corrected chi connectivity index (χ2v) is 3.93. The molecule has 3 heteroatoms. The van der Waals surface area contributed by atoms with E-state index in [0.29, 0.717) is 5.82 Å². The molecule has 0 aliphatic rings. The second kappa shape index (κ2) is 3.42. The molecule has 0 bridgehead atoms. The van der Waals surface area contributed by atoms with Crippen LogP contribution in [0.4, 0.5) is 5.82 Å². The lowest BCUT2D eigenvalue weighted by molar-refractivity contribution is 0.869. The van der Waals surface area contributed by atoms with Crippen LogP contribution in [0.3, 0.4) is 0 Å². The minimum atomic E-state index is 0.550. The van der Waals surface area contributed by atoms with Crippen LogP contribution < -0.4 is 5.73 Å². The summed E-state index contributed by atoms with van der Waals surface area (Å²) in [7, 11) is 0. The maximum absolute atomic E-state index is 5.61. The molecule has 1 aromatic carbocycles. The molecule has 0 radical (unpaired) electrons. The van der Waals surface area contributed by atoms with Gasteiger partial charge in [0.05, 0.1) is 5.69 Å². The van der Waals surface area contributed by atoms with E-state index in [1.807, 2.05) is 10.9 Å². The van der Waals surface area contributed by atoms with Crippen LogP contribution >= 0.6 is 0 Å². The maximum atomic E-state index is 5.61. The number of anilines is 1. The first-order valence-electron chi connectivity index (χ1n) is 4.97. The van der Waals surface area contributed by atoms with E-state index in [9.17, 15) is 0 Å². The van der Waals surface area contributed by atoms with Crippen LogP contribution in [-0.2, 0) is 0 Å². The van der Waals surface area contributed by atoms with E-state index in [1.54, 1.807) is 6.07 Å². The Morgan fingerprint density at radius 3 is 2.20 bits per heavy atom. The van der Waals surface area contributed by atoms with Crippen molar-refractivity contribution in [3.63, 3.8) is 0 Å². The van der Waals surface area contributed by atoms with Gasteiger partial charge in [-0.05, 0) is 31.9 Å². The van der Waals surface area contributed by atoms with Crippen molar-refractivity contribution in [3.05, 3.63) is 41.1 Å². The average molecular weight is 201 g/mol. The van der Waals surface area contributed by atoms with E-state index in [0.717, 1.165) is 5.69 Å². The molecule has 0 spiro atoms. The molecule has 78 valence electrons. The van der Waals surface area contributed by atoms with Gasteiger partial charge in [-0.25, -0.2) is 4.68 Å². The summed E-state index contributed by atoms with van der Waals surface area (Å²) in [4.78, 5) is 0. The lowest BCUT2D eigenvalue weighted by Gasteiger charge is -2.10. The third-order valence-electron chi connectivity index (χ3n) is 2.47. The summed E-state index contributed by atoms with van der Waals surface area (Å²) in [5, 5.41) is 4.23. The average Bonchev–Trinajstić information content (AvgIpc) is 2.49. The maximum Gasteiger partial charge on any atom is 0.145 e. The smallest absolute Gasteiger partial charge is 0.145 e. The highest BCUT2D eigenvalue weighted by Gasteiger charge is 2.06. The van der Waals surface area contributed by atoms with Crippen molar-refractivity contribution in [2.24, 2.45) is 0 Å². The fourth-order valence-corrected chi connectivity index (χ4v) is 2.00. The second-order valence-electron chi connectivity index (χ2n) is 3.93. The fraction of sp³-hybridized carbons (Fsp3) is 0.250. The topological polar surface area (TPSA) is 43.8 Å². The van der Waals surface area contributed by atoms with Crippen molar-refractivity contribution in [2.45, 2.75) is 20.8 Å². The van der Waals surface area contributed by atoms with Crippen molar-refractivity contribution in [3.8, 4) is 5.69 Å². The van der Waals surface area contributed by atoms with Crippen LogP contribution in [-0.4, -0.2) is 9.78 Å². The van der Waals surface area contributed by atoms with Crippen LogP contribution in [0.25, 0.3) is 5.69 Å². The quantitative estimate of drug-likeness (QED) is 0.769. The van der Waals surface area contributed by atoms with Gasteiger partial charge in [0.15, 0.2) is 0 Å². The molecule has 2 aromatic rings. The highest BCUT2D eigenvalue weighted by Crippen LogP contribution is 2.20. The largest absolute Gasteiger partial charge is 0.382 e. The Labute approximate surface area is 89.5 Å². The molecule has 0 amide bonds. The van der Waals surface area contributed by atoms with Gasteiger partial charge in [-0.15, -0.1) is 0 Å². The van der Waals surface area contributed by atoms with Crippen molar-refractivity contribution >= 4 is 5.82 Å². The van der Waals surface area contributed by atoms with Crippen molar-refractivity contribution < 1.29 is 0 Å². The minimum absolute atomic E-state index is 0.550. The lowest BCUT2D eigenvalue weighted by atomic mass is 10.1. The van der Waals surface area contributed by atoms with Crippen LogP contribution in [0.1, 0.15) is 16.7 Å². The Balaban J connectivity index is 2.62. The Hall–Kier alpha value is -1.77. The molecule has 1 heterocycles. The molecule has 0 atom stereocenters. The van der Waals surface area contributed by atoms with Gasteiger partial charge in [0.1, 0.15) is 5.82 Å². The SMILES string of the molecule is Cc1cc(C)c(-n2ccc(N)n2)c(C)c1. The minimum Gasteiger partial charge on any atom is -0.382 e. The predicted octanol–water partition coefficient (Wildman–Crippen LogP) is 2.38. The molecular weight excluding hydrogens is 186 g/mol. The summed E-state index contributed by atoms with van der Waals surface area (Å²) in [5.41, 5.74) is 10.4. The standard InChI is InChI=1S/C12H15N3/c1-8-6-9(2)12(10(3)7-8)15-5-4-11(13)14-15/h4-7H,1-3H3,(H2,13,14). The lowest BCUT2D eigenvalue weighted by Crippen LogP contribution is -2.02. The fourth-order valence-electron chi connectivity index (χ4n) is 2.00. The van der Waals surface area contributed by atoms with E-state index in [4.69, 9.17) is 5.73 Å². The number of hydrogen-bond donors (Lipinski definition) is 1. The predicted molar refractivity (Wildman–Crippen MR) is 62.2 cm³/mol. The number of aromatic nitrogens is 2. The van der Waals surface area contributed by atoms with Crippen LogP contribution in [0.15, 0.2) is 24.4 Å². The normalized spacial score (nSPS) is 10.6. The Morgan fingerprint density at radius 1 is 1.13 bits per heavy atom. The summed E-state index contributed by atoms with van der Waals surface area (Å²) in [6, 6.07) is 6.11. The first-order chi connectivity index (χ1) is 7.08. The van der Waals surface area contributed by atoms with Crippen molar-refractivity contribution in [1.82, 2.24) is 9.78 Å². The number of aryl methyl sites for hydroxylation is 3. The molecule has 0 unspecified atom stereocenters. The summed E-state index contributed by atoms with van der Waals surface area (Å²) >= 11 is 0. The van der Waals surface area contributed by atoms with Crippen molar-refractivity contribution in [2.75, 3.05) is 5.73 Å². The summed E-state index contributed by atoms with van der Waals surface area (Å²) in [6.45, 7) is 6.28. The van der Waals surface area contributed by atoms with E-state index in [1.165, 1.54) is 16.7 Å². The molecule has 1 aromatic heterocycles. The van der Waals surface area contributed by atoms with E-state index < -0.39 is 0 Å². The number of nitrogens with two attached hydrogens (primary N) is 1. The van der Waals surface area contributed by atoms with Crippen molar-refractivity contribution in [1.29, 1.82) is 0 Å². The van der Waals surface area contributed by atoms with Gasteiger partial charge in [0.2, 0.25) is 0 Å². The highest BCUT2D eigenvalue weighted by atomic mass is 15.3. The van der Waals surface area contributed by atoms with Gasteiger partial charge in [0, 0.05) is 12.3 Å². The number of rotatable bonds is 1. The molecule has 15 heavy (non-hydrogen) atoms. The van der Waals surface area contributed by atoms with Gasteiger partial charge in [-0.1, -0.05) is 17.7 Å². The molecule has 0 fully saturated rings. The van der Waals surface area contributed by atoms with Gasteiger partial charge in [0.25, 0.3) is 0 Å². The summed E-state index contributed by atoms with van der Waals surface area (Å²) in [5.74, 6) is 0.550. The van der Waals surface area contributed by atoms with Gasteiger partial charge in [-0.3, -0.25) is 0 Å². The summed E-state index contributed by atoms with van der Waals surface area (Å²) in [6.07, 6.45) is 1.89. The highest BCUT2D eigenvalue weighted by molar-refractivity contribution is 5.49. The first-order valence-corrected chi connectivity index (χ1v) is 4.97. The summed E-state index contributed by atoms with van der Waals surface area (Å²) < 4.78 is 1.83. The van der Waals surface area contributed by atoms with E-state index >= 15 is 0 Å². The van der Waals surface area contributed by atoms with Crippen LogP contribution in [0.2, 0.25) is 0 Å². The van der Waals surface area contributed by atoms with E-state index in [2.05, 4.69) is 38.0 Å². The molecule has 3 nitrogen and oxygen atoms in total. The Kier molecular flexibility index (Phi) is 2.23.